The van der Waals surface area contributed by atoms with Crippen molar-refractivity contribution in [3.05, 3.63) is 35.4 Å². The van der Waals surface area contributed by atoms with E-state index in [1.54, 1.807) is 0 Å². The first-order valence-corrected chi connectivity index (χ1v) is 7.11. The molecule has 4 heteroatoms. The second-order valence-electron chi connectivity index (χ2n) is 4.89. The molecule has 1 aromatic rings. The van der Waals surface area contributed by atoms with E-state index in [0.717, 1.165) is 39.0 Å². The fraction of sp³-hybridized carbons (Fsp3) is 0.533. The second-order valence-corrected chi connectivity index (χ2v) is 4.89. The molecule has 0 unspecified atom stereocenters. The van der Waals surface area contributed by atoms with Crippen LogP contribution in [0.3, 0.4) is 0 Å². The summed E-state index contributed by atoms with van der Waals surface area (Å²) in [4.78, 5) is 13.7. The molecule has 4 nitrogen and oxygen atoms in total. The summed E-state index contributed by atoms with van der Waals surface area (Å²) in [6.07, 6.45) is 1.96. The fourth-order valence-corrected chi connectivity index (χ4v) is 2.24. The maximum absolute atomic E-state index is 11.9. The van der Waals surface area contributed by atoms with Crippen LogP contribution in [0.4, 0.5) is 4.79 Å². The highest BCUT2D eigenvalue weighted by Gasteiger charge is 2.14. The number of benzene rings is 1. The highest BCUT2D eigenvalue weighted by atomic mass is 16.2. The van der Waals surface area contributed by atoms with E-state index in [9.17, 15) is 4.79 Å². The molecule has 1 saturated heterocycles. The van der Waals surface area contributed by atoms with Crippen LogP contribution < -0.4 is 10.6 Å². The van der Waals surface area contributed by atoms with E-state index in [-0.39, 0.29) is 6.03 Å². The molecule has 1 fully saturated rings. The van der Waals surface area contributed by atoms with Crippen molar-refractivity contribution in [3.63, 3.8) is 0 Å². The number of hydrogen-bond acceptors (Lipinski definition) is 2. The number of carbonyl (C=O) groups is 1. The Morgan fingerprint density at radius 2 is 1.84 bits per heavy atom. The fourth-order valence-electron chi connectivity index (χ4n) is 2.24. The lowest BCUT2D eigenvalue weighted by molar-refractivity contribution is 0.190. The lowest BCUT2D eigenvalue weighted by Gasteiger charge is -2.27. The Labute approximate surface area is 115 Å². The third-order valence-corrected chi connectivity index (χ3v) is 3.53. The molecular formula is C15H23N3O. The minimum absolute atomic E-state index is 0.0617. The van der Waals surface area contributed by atoms with Crippen LogP contribution in [0, 0.1) is 0 Å². The van der Waals surface area contributed by atoms with Gasteiger partial charge in [0.2, 0.25) is 0 Å². The summed E-state index contributed by atoms with van der Waals surface area (Å²) in [6, 6.07) is 8.68. The monoisotopic (exact) mass is 261 g/mol. The number of piperazine rings is 1. The molecule has 1 aromatic carbocycles. The lowest BCUT2D eigenvalue weighted by Crippen LogP contribution is -2.50. The Kier molecular flexibility index (Phi) is 5.21. The first-order chi connectivity index (χ1) is 9.29. The molecule has 19 heavy (non-hydrogen) atoms. The predicted octanol–water partition coefficient (Wildman–Crippen LogP) is 1.41. The molecule has 2 rings (SSSR count). The normalized spacial score (nSPS) is 15.3. The van der Waals surface area contributed by atoms with E-state index in [1.165, 1.54) is 11.1 Å². The molecule has 1 aliphatic rings. The van der Waals surface area contributed by atoms with Crippen molar-refractivity contribution in [1.82, 2.24) is 15.5 Å². The van der Waals surface area contributed by atoms with Gasteiger partial charge in [-0.05, 0) is 24.0 Å². The SMILES string of the molecule is CCc1ccc(CCNC(=O)N2CCNCC2)cc1. The third-order valence-electron chi connectivity index (χ3n) is 3.53. The van der Waals surface area contributed by atoms with Crippen LogP contribution in [-0.2, 0) is 12.8 Å². The minimum atomic E-state index is 0.0617. The van der Waals surface area contributed by atoms with Gasteiger partial charge < -0.3 is 15.5 Å². The van der Waals surface area contributed by atoms with Gasteiger partial charge in [-0.15, -0.1) is 0 Å². The molecule has 0 bridgehead atoms. The Hall–Kier alpha value is -1.55. The van der Waals surface area contributed by atoms with Crippen LogP contribution in [0.25, 0.3) is 0 Å². The third kappa shape index (κ3) is 4.24. The van der Waals surface area contributed by atoms with E-state index in [1.807, 2.05) is 4.90 Å². The average Bonchev–Trinajstić information content (AvgIpc) is 2.49. The zero-order chi connectivity index (χ0) is 13.5. The average molecular weight is 261 g/mol. The molecule has 1 aliphatic heterocycles. The van der Waals surface area contributed by atoms with Crippen molar-refractivity contribution in [2.75, 3.05) is 32.7 Å². The van der Waals surface area contributed by atoms with E-state index in [4.69, 9.17) is 0 Å². The molecule has 0 atom stereocenters. The predicted molar refractivity (Wildman–Crippen MR) is 77.4 cm³/mol. The van der Waals surface area contributed by atoms with Crippen molar-refractivity contribution in [2.45, 2.75) is 19.8 Å². The molecule has 0 radical (unpaired) electrons. The highest BCUT2D eigenvalue weighted by molar-refractivity contribution is 5.74. The summed E-state index contributed by atoms with van der Waals surface area (Å²) >= 11 is 0. The molecule has 2 N–H and O–H groups in total. The molecule has 0 aliphatic carbocycles. The second kappa shape index (κ2) is 7.14. The first-order valence-electron chi connectivity index (χ1n) is 7.11. The molecule has 0 spiro atoms. The Balaban J connectivity index is 1.71. The van der Waals surface area contributed by atoms with Gasteiger partial charge in [0.05, 0.1) is 0 Å². The lowest BCUT2D eigenvalue weighted by atomic mass is 10.1. The summed E-state index contributed by atoms with van der Waals surface area (Å²) in [5.41, 5.74) is 2.63. The highest BCUT2D eigenvalue weighted by Crippen LogP contribution is 2.05. The number of nitrogens with one attached hydrogen (secondary N) is 2. The van der Waals surface area contributed by atoms with Gasteiger partial charge in [0.25, 0.3) is 0 Å². The molecular weight excluding hydrogens is 238 g/mol. The smallest absolute Gasteiger partial charge is 0.317 e. The number of nitrogens with zero attached hydrogens (tertiary/aromatic N) is 1. The molecule has 104 valence electrons. The van der Waals surface area contributed by atoms with Crippen LogP contribution in [0.5, 0.6) is 0 Å². The molecule has 0 aromatic heterocycles. The molecule has 2 amide bonds. The van der Waals surface area contributed by atoms with Crippen LogP contribution in [0.2, 0.25) is 0 Å². The number of aryl methyl sites for hydroxylation is 1. The van der Waals surface area contributed by atoms with Gasteiger partial charge in [0, 0.05) is 32.7 Å². The van der Waals surface area contributed by atoms with E-state index >= 15 is 0 Å². The van der Waals surface area contributed by atoms with Crippen LogP contribution in [0.1, 0.15) is 18.1 Å². The number of amides is 2. The zero-order valence-corrected chi connectivity index (χ0v) is 11.6. The summed E-state index contributed by atoms with van der Waals surface area (Å²) in [5.74, 6) is 0. The standard InChI is InChI=1S/C15H23N3O/c1-2-13-3-5-14(6-4-13)7-8-17-15(19)18-11-9-16-10-12-18/h3-6,16H,2,7-12H2,1H3,(H,17,19). The van der Waals surface area contributed by atoms with Crippen molar-refractivity contribution in [2.24, 2.45) is 0 Å². The molecule has 1 heterocycles. The summed E-state index contributed by atoms with van der Waals surface area (Å²) in [5, 5.41) is 6.23. The number of urea groups is 1. The maximum Gasteiger partial charge on any atom is 0.317 e. The van der Waals surface area contributed by atoms with Gasteiger partial charge in [0.1, 0.15) is 0 Å². The number of rotatable bonds is 4. The van der Waals surface area contributed by atoms with E-state index in [2.05, 4.69) is 41.8 Å². The minimum Gasteiger partial charge on any atom is -0.338 e. The zero-order valence-electron chi connectivity index (χ0n) is 11.6. The van der Waals surface area contributed by atoms with Crippen molar-refractivity contribution in [3.8, 4) is 0 Å². The van der Waals surface area contributed by atoms with E-state index < -0.39 is 0 Å². The van der Waals surface area contributed by atoms with Gasteiger partial charge in [-0.1, -0.05) is 31.2 Å². The van der Waals surface area contributed by atoms with Crippen LogP contribution in [0.15, 0.2) is 24.3 Å². The van der Waals surface area contributed by atoms with Crippen molar-refractivity contribution >= 4 is 6.03 Å². The summed E-state index contributed by atoms with van der Waals surface area (Å²) in [7, 11) is 0. The van der Waals surface area contributed by atoms with Crippen molar-refractivity contribution < 1.29 is 4.79 Å². The van der Waals surface area contributed by atoms with Crippen LogP contribution >= 0.6 is 0 Å². The first kappa shape index (κ1) is 13.9. The van der Waals surface area contributed by atoms with Crippen LogP contribution in [-0.4, -0.2) is 43.7 Å². The Morgan fingerprint density at radius 3 is 2.47 bits per heavy atom. The van der Waals surface area contributed by atoms with Gasteiger partial charge in [0.15, 0.2) is 0 Å². The largest absolute Gasteiger partial charge is 0.338 e. The topological polar surface area (TPSA) is 44.4 Å². The number of carbonyl (C=O) groups excluding carboxylic acids is 1. The van der Waals surface area contributed by atoms with Gasteiger partial charge >= 0.3 is 6.03 Å². The van der Waals surface area contributed by atoms with E-state index in [0.29, 0.717) is 6.54 Å². The number of hydrogen-bond donors (Lipinski definition) is 2. The Bertz CT molecular complexity index is 396. The molecule has 0 saturated carbocycles. The summed E-state index contributed by atoms with van der Waals surface area (Å²) in [6.45, 7) is 6.25. The Morgan fingerprint density at radius 1 is 1.21 bits per heavy atom. The quantitative estimate of drug-likeness (QED) is 0.860. The summed E-state index contributed by atoms with van der Waals surface area (Å²) < 4.78 is 0. The van der Waals surface area contributed by atoms with Gasteiger partial charge in [-0.25, -0.2) is 4.79 Å². The van der Waals surface area contributed by atoms with Crippen molar-refractivity contribution in [1.29, 1.82) is 0 Å². The van der Waals surface area contributed by atoms with Gasteiger partial charge in [-0.3, -0.25) is 0 Å². The maximum atomic E-state index is 11.9. The van der Waals surface area contributed by atoms with Gasteiger partial charge in [-0.2, -0.15) is 0 Å².